The third-order valence-electron chi connectivity index (χ3n) is 3.34. The predicted molar refractivity (Wildman–Crippen MR) is 59.9 cm³/mol. The highest BCUT2D eigenvalue weighted by atomic mass is 19.1. The molecule has 88 valence electrons. The third-order valence-corrected chi connectivity index (χ3v) is 3.34. The molecule has 1 heterocycles. The Bertz CT molecular complexity index is 529. The van der Waals surface area contributed by atoms with E-state index < -0.39 is 0 Å². The molecule has 0 aliphatic heterocycles. The number of aliphatic hydroxyl groups is 1. The van der Waals surface area contributed by atoms with Crippen molar-refractivity contribution in [3.63, 3.8) is 0 Å². The lowest BCUT2D eigenvalue weighted by atomic mass is 10.0. The maximum Gasteiger partial charge on any atom is 0.167 e. The van der Waals surface area contributed by atoms with Crippen molar-refractivity contribution in [2.24, 2.45) is 0 Å². The molecule has 4 heteroatoms. The van der Waals surface area contributed by atoms with Crippen LogP contribution in [0.2, 0.25) is 0 Å². The van der Waals surface area contributed by atoms with E-state index >= 15 is 0 Å². The Morgan fingerprint density at radius 2 is 2.00 bits per heavy atom. The van der Waals surface area contributed by atoms with Crippen LogP contribution in [0.25, 0.3) is 11.3 Å². The van der Waals surface area contributed by atoms with E-state index in [9.17, 15) is 9.50 Å². The van der Waals surface area contributed by atoms with Gasteiger partial charge in [0, 0.05) is 17.0 Å². The molecule has 1 aliphatic rings. The Kier molecular flexibility index (Phi) is 2.26. The fourth-order valence-electron chi connectivity index (χ4n) is 1.92. The zero-order valence-electron chi connectivity index (χ0n) is 9.19. The molecule has 3 nitrogen and oxygen atoms in total. The first-order valence-electron chi connectivity index (χ1n) is 5.57. The van der Waals surface area contributed by atoms with E-state index in [1.54, 1.807) is 12.1 Å². The van der Waals surface area contributed by atoms with E-state index in [2.05, 4.69) is 5.16 Å². The number of benzene rings is 1. The van der Waals surface area contributed by atoms with E-state index in [0.29, 0.717) is 5.76 Å². The van der Waals surface area contributed by atoms with E-state index in [-0.39, 0.29) is 17.8 Å². The van der Waals surface area contributed by atoms with Gasteiger partial charge in [0.15, 0.2) is 5.76 Å². The van der Waals surface area contributed by atoms with Crippen molar-refractivity contribution in [2.45, 2.75) is 18.3 Å². The minimum atomic E-state index is -0.275. The van der Waals surface area contributed by atoms with Crippen molar-refractivity contribution in [1.29, 1.82) is 0 Å². The van der Waals surface area contributed by atoms with Gasteiger partial charge in [-0.05, 0) is 37.1 Å². The van der Waals surface area contributed by atoms with Gasteiger partial charge in [-0.2, -0.15) is 0 Å². The molecule has 2 aromatic rings. The minimum absolute atomic E-state index is 0.0996. The van der Waals surface area contributed by atoms with Gasteiger partial charge in [-0.1, -0.05) is 5.16 Å². The number of aromatic nitrogens is 1. The topological polar surface area (TPSA) is 46.3 Å². The van der Waals surface area contributed by atoms with Crippen LogP contribution in [0.15, 0.2) is 34.9 Å². The van der Waals surface area contributed by atoms with Gasteiger partial charge < -0.3 is 9.63 Å². The standard InChI is InChI=1S/C13H12FNO2/c14-10-3-1-9(2-4-10)11-7-12(15-17-11)13(8-16)5-6-13/h1-4,7,16H,5-6,8H2. The number of hydrogen-bond acceptors (Lipinski definition) is 3. The summed E-state index contributed by atoms with van der Waals surface area (Å²) in [6.45, 7) is 0.0996. The largest absolute Gasteiger partial charge is 0.395 e. The number of halogens is 1. The minimum Gasteiger partial charge on any atom is -0.395 e. The Labute approximate surface area is 97.9 Å². The molecule has 1 aromatic heterocycles. The number of hydrogen-bond donors (Lipinski definition) is 1. The lowest BCUT2D eigenvalue weighted by molar-refractivity contribution is 0.248. The molecular weight excluding hydrogens is 221 g/mol. The molecule has 1 fully saturated rings. The molecule has 1 saturated carbocycles. The summed E-state index contributed by atoms with van der Waals surface area (Å²) >= 11 is 0. The number of aliphatic hydroxyl groups excluding tert-OH is 1. The van der Waals surface area contributed by atoms with Gasteiger partial charge in [0.25, 0.3) is 0 Å². The monoisotopic (exact) mass is 233 g/mol. The normalized spacial score (nSPS) is 17.1. The first-order valence-corrected chi connectivity index (χ1v) is 5.57. The average molecular weight is 233 g/mol. The molecule has 1 aliphatic carbocycles. The SMILES string of the molecule is OCC1(c2cc(-c3ccc(F)cc3)on2)CC1. The van der Waals surface area contributed by atoms with Gasteiger partial charge >= 0.3 is 0 Å². The molecule has 0 amide bonds. The first-order chi connectivity index (χ1) is 8.23. The van der Waals surface area contributed by atoms with Crippen LogP contribution in [0.1, 0.15) is 18.5 Å². The van der Waals surface area contributed by atoms with Crippen LogP contribution in [0, 0.1) is 5.82 Å². The molecule has 0 saturated heterocycles. The molecule has 3 rings (SSSR count). The maximum atomic E-state index is 12.8. The lowest BCUT2D eigenvalue weighted by Crippen LogP contribution is -2.11. The lowest BCUT2D eigenvalue weighted by Gasteiger charge is -2.04. The van der Waals surface area contributed by atoms with Gasteiger partial charge in [0.2, 0.25) is 0 Å². The highest BCUT2D eigenvalue weighted by Gasteiger charge is 2.46. The molecule has 1 aromatic carbocycles. The summed E-state index contributed by atoms with van der Waals surface area (Å²) in [5.74, 6) is 0.335. The fraction of sp³-hybridized carbons (Fsp3) is 0.308. The van der Waals surface area contributed by atoms with Gasteiger partial charge in [0.1, 0.15) is 5.82 Å². The zero-order valence-corrected chi connectivity index (χ0v) is 9.19. The Morgan fingerprint density at radius 3 is 2.59 bits per heavy atom. The smallest absolute Gasteiger partial charge is 0.167 e. The number of rotatable bonds is 3. The van der Waals surface area contributed by atoms with Crippen LogP contribution in [-0.4, -0.2) is 16.9 Å². The van der Waals surface area contributed by atoms with Crippen LogP contribution in [0.3, 0.4) is 0 Å². The molecular formula is C13H12FNO2. The van der Waals surface area contributed by atoms with Crippen molar-refractivity contribution >= 4 is 0 Å². The Morgan fingerprint density at radius 1 is 1.29 bits per heavy atom. The van der Waals surface area contributed by atoms with Gasteiger partial charge in [-0.15, -0.1) is 0 Å². The van der Waals surface area contributed by atoms with Gasteiger partial charge in [-0.3, -0.25) is 0 Å². The van der Waals surface area contributed by atoms with Gasteiger partial charge in [-0.25, -0.2) is 4.39 Å². The third kappa shape index (κ3) is 1.74. The van der Waals surface area contributed by atoms with Crippen molar-refractivity contribution in [3.05, 3.63) is 41.8 Å². The van der Waals surface area contributed by atoms with Crippen LogP contribution in [0.4, 0.5) is 4.39 Å². The van der Waals surface area contributed by atoms with E-state index in [0.717, 1.165) is 24.1 Å². The van der Waals surface area contributed by atoms with Crippen molar-refractivity contribution in [3.8, 4) is 11.3 Å². The second-order valence-corrected chi connectivity index (χ2v) is 4.52. The molecule has 0 atom stereocenters. The average Bonchev–Trinajstić information content (AvgIpc) is 3.00. The Balaban J connectivity index is 1.92. The zero-order chi connectivity index (χ0) is 11.9. The van der Waals surface area contributed by atoms with Crippen LogP contribution < -0.4 is 0 Å². The van der Waals surface area contributed by atoms with Crippen molar-refractivity contribution in [1.82, 2.24) is 5.16 Å². The van der Waals surface area contributed by atoms with E-state index in [1.165, 1.54) is 12.1 Å². The van der Waals surface area contributed by atoms with E-state index in [1.807, 2.05) is 6.07 Å². The maximum absolute atomic E-state index is 12.8. The Hall–Kier alpha value is -1.68. The van der Waals surface area contributed by atoms with Crippen molar-refractivity contribution < 1.29 is 14.0 Å². The van der Waals surface area contributed by atoms with Crippen LogP contribution >= 0.6 is 0 Å². The predicted octanol–water partition coefficient (Wildman–Crippen LogP) is 2.50. The molecule has 0 bridgehead atoms. The summed E-state index contributed by atoms with van der Waals surface area (Å²) < 4.78 is 18.0. The summed E-state index contributed by atoms with van der Waals surface area (Å²) in [7, 11) is 0. The summed E-state index contributed by atoms with van der Waals surface area (Å²) in [4.78, 5) is 0. The van der Waals surface area contributed by atoms with Crippen LogP contribution in [0.5, 0.6) is 0 Å². The summed E-state index contributed by atoms with van der Waals surface area (Å²) in [6, 6.07) is 7.90. The highest BCUT2D eigenvalue weighted by molar-refractivity contribution is 5.57. The second-order valence-electron chi connectivity index (χ2n) is 4.52. The summed E-state index contributed by atoms with van der Waals surface area (Å²) in [5, 5.41) is 13.3. The molecule has 17 heavy (non-hydrogen) atoms. The molecule has 0 spiro atoms. The first kappa shape index (κ1) is 10.5. The molecule has 1 N–H and O–H groups in total. The second kappa shape index (κ2) is 3.67. The summed E-state index contributed by atoms with van der Waals surface area (Å²) in [5.41, 5.74) is 1.39. The molecule has 0 radical (unpaired) electrons. The van der Waals surface area contributed by atoms with Crippen molar-refractivity contribution in [2.75, 3.05) is 6.61 Å². The van der Waals surface area contributed by atoms with E-state index in [4.69, 9.17) is 4.52 Å². The van der Waals surface area contributed by atoms with Gasteiger partial charge in [0.05, 0.1) is 12.3 Å². The highest BCUT2D eigenvalue weighted by Crippen LogP contribution is 2.47. The number of nitrogens with zero attached hydrogens (tertiary/aromatic N) is 1. The fourth-order valence-corrected chi connectivity index (χ4v) is 1.92. The molecule has 0 unspecified atom stereocenters. The van der Waals surface area contributed by atoms with Crippen LogP contribution in [-0.2, 0) is 5.41 Å². The quantitative estimate of drug-likeness (QED) is 0.886. The summed E-state index contributed by atoms with van der Waals surface area (Å²) in [6.07, 6.45) is 1.89.